The highest BCUT2D eigenvalue weighted by molar-refractivity contribution is 7.20. The zero-order valence-electron chi connectivity index (χ0n) is 17.1. The van der Waals surface area contributed by atoms with Gasteiger partial charge in [-0.25, -0.2) is 9.37 Å². The second kappa shape index (κ2) is 9.92. The van der Waals surface area contributed by atoms with E-state index in [0.717, 1.165) is 11.3 Å². The largest absolute Gasteiger partial charge is 0.351 e. The van der Waals surface area contributed by atoms with Gasteiger partial charge in [0.15, 0.2) is 6.29 Å². The molecule has 2 aromatic heterocycles. The molecule has 0 fully saturated rings. The van der Waals surface area contributed by atoms with Crippen LogP contribution < -0.4 is 10.9 Å². The molecule has 0 aliphatic carbocycles. The van der Waals surface area contributed by atoms with E-state index in [2.05, 4.69) is 10.3 Å². The molecule has 0 unspecified atom stereocenters. The average molecular weight is 434 g/mol. The number of amides is 1. The standard InChI is InChI=1S/C21H24FN3O4S/c1-4-28-16(29-5-2)10-23-19(26)18-13(3)17-20(30-18)24-12-25(21(17)27)11-14-7-6-8-15(22)9-14/h6-9,12,16H,4-5,10-11H2,1-3H3,(H,23,26). The number of thiophene rings is 1. The molecule has 7 nitrogen and oxygen atoms in total. The monoisotopic (exact) mass is 433 g/mol. The number of nitrogens with one attached hydrogen (secondary N) is 1. The van der Waals surface area contributed by atoms with Gasteiger partial charge in [0.25, 0.3) is 11.5 Å². The van der Waals surface area contributed by atoms with Crippen molar-refractivity contribution in [1.29, 1.82) is 0 Å². The number of carbonyl (C=O) groups excluding carboxylic acids is 1. The van der Waals surface area contributed by atoms with E-state index in [1.54, 1.807) is 19.1 Å². The van der Waals surface area contributed by atoms with Gasteiger partial charge in [-0.3, -0.25) is 14.2 Å². The first-order chi connectivity index (χ1) is 14.4. The Morgan fingerprint density at radius 2 is 2.03 bits per heavy atom. The number of halogens is 1. The van der Waals surface area contributed by atoms with Crippen molar-refractivity contribution in [3.05, 3.63) is 62.8 Å². The van der Waals surface area contributed by atoms with Crippen LogP contribution in [0.3, 0.4) is 0 Å². The molecule has 2 heterocycles. The number of carbonyl (C=O) groups is 1. The molecule has 1 N–H and O–H groups in total. The van der Waals surface area contributed by atoms with Crippen LogP contribution in [0.25, 0.3) is 10.2 Å². The Morgan fingerprint density at radius 1 is 1.30 bits per heavy atom. The number of nitrogens with zero attached hydrogens (tertiary/aromatic N) is 2. The van der Waals surface area contributed by atoms with Crippen molar-refractivity contribution in [2.75, 3.05) is 19.8 Å². The Balaban J connectivity index is 1.84. The van der Waals surface area contributed by atoms with Crippen LogP contribution in [-0.2, 0) is 16.0 Å². The molecule has 3 rings (SSSR count). The molecule has 0 radical (unpaired) electrons. The number of rotatable bonds is 9. The molecule has 1 aromatic carbocycles. The molecular weight excluding hydrogens is 409 g/mol. The Bertz CT molecular complexity index is 1090. The molecular formula is C21H24FN3O4S. The minimum absolute atomic E-state index is 0.195. The van der Waals surface area contributed by atoms with E-state index in [4.69, 9.17) is 9.47 Å². The van der Waals surface area contributed by atoms with Crippen LogP contribution in [0.5, 0.6) is 0 Å². The van der Waals surface area contributed by atoms with Gasteiger partial charge in [0.1, 0.15) is 10.6 Å². The molecule has 0 saturated heterocycles. The molecule has 0 saturated carbocycles. The minimum Gasteiger partial charge on any atom is -0.351 e. The number of ether oxygens (including phenoxy) is 2. The second-order valence-corrected chi connectivity index (χ2v) is 7.59. The fraction of sp³-hybridized carbons (Fsp3) is 0.381. The van der Waals surface area contributed by atoms with Crippen LogP contribution in [0.4, 0.5) is 4.39 Å². The maximum absolute atomic E-state index is 13.4. The van der Waals surface area contributed by atoms with Gasteiger partial charge in [0.2, 0.25) is 0 Å². The predicted molar refractivity (Wildman–Crippen MR) is 113 cm³/mol. The highest BCUT2D eigenvalue weighted by Gasteiger charge is 2.20. The second-order valence-electron chi connectivity index (χ2n) is 6.59. The molecule has 30 heavy (non-hydrogen) atoms. The first-order valence-corrected chi connectivity index (χ1v) is 10.5. The van der Waals surface area contributed by atoms with Gasteiger partial charge in [-0.1, -0.05) is 12.1 Å². The third-order valence-electron chi connectivity index (χ3n) is 4.50. The molecule has 3 aromatic rings. The van der Waals surface area contributed by atoms with E-state index >= 15 is 0 Å². The Labute approximate surface area is 177 Å². The number of benzene rings is 1. The summed E-state index contributed by atoms with van der Waals surface area (Å²) in [5.74, 6) is -0.673. The normalized spacial score (nSPS) is 11.4. The van der Waals surface area contributed by atoms with Crippen LogP contribution in [-0.4, -0.2) is 41.5 Å². The molecule has 0 atom stereocenters. The highest BCUT2D eigenvalue weighted by atomic mass is 32.1. The lowest BCUT2D eigenvalue weighted by Crippen LogP contribution is -2.35. The molecule has 0 spiro atoms. The smallest absolute Gasteiger partial charge is 0.262 e. The predicted octanol–water partition coefficient (Wildman–Crippen LogP) is 3.08. The fourth-order valence-corrected chi connectivity index (χ4v) is 4.17. The number of hydrogen-bond acceptors (Lipinski definition) is 6. The lowest BCUT2D eigenvalue weighted by atomic mass is 10.2. The van der Waals surface area contributed by atoms with E-state index in [-0.39, 0.29) is 30.4 Å². The van der Waals surface area contributed by atoms with E-state index < -0.39 is 6.29 Å². The van der Waals surface area contributed by atoms with Crippen molar-refractivity contribution in [1.82, 2.24) is 14.9 Å². The van der Waals surface area contributed by atoms with E-state index in [9.17, 15) is 14.0 Å². The molecule has 0 aliphatic rings. The molecule has 160 valence electrons. The van der Waals surface area contributed by atoms with Gasteiger partial charge in [0, 0.05) is 13.2 Å². The Hall–Kier alpha value is -2.62. The molecule has 1 amide bonds. The number of fused-ring (bicyclic) bond motifs is 1. The maximum atomic E-state index is 13.4. The van der Waals surface area contributed by atoms with E-state index in [0.29, 0.717) is 39.4 Å². The Morgan fingerprint density at radius 3 is 2.70 bits per heavy atom. The summed E-state index contributed by atoms with van der Waals surface area (Å²) >= 11 is 1.16. The van der Waals surface area contributed by atoms with Crippen molar-refractivity contribution in [2.45, 2.75) is 33.6 Å². The number of aryl methyl sites for hydroxylation is 1. The summed E-state index contributed by atoms with van der Waals surface area (Å²) in [4.78, 5) is 30.9. The summed E-state index contributed by atoms with van der Waals surface area (Å²) in [6.45, 7) is 6.77. The third kappa shape index (κ3) is 4.92. The zero-order chi connectivity index (χ0) is 21.7. The van der Waals surface area contributed by atoms with Crippen molar-refractivity contribution in [3.63, 3.8) is 0 Å². The summed E-state index contributed by atoms with van der Waals surface area (Å²) in [6, 6.07) is 6.07. The Kier molecular flexibility index (Phi) is 7.30. The summed E-state index contributed by atoms with van der Waals surface area (Å²) in [6.07, 6.45) is 0.896. The van der Waals surface area contributed by atoms with Gasteiger partial charge >= 0.3 is 0 Å². The van der Waals surface area contributed by atoms with Gasteiger partial charge < -0.3 is 14.8 Å². The fourth-order valence-electron chi connectivity index (χ4n) is 3.11. The average Bonchev–Trinajstić information content (AvgIpc) is 3.06. The SMILES string of the molecule is CCOC(CNC(=O)c1sc2ncn(Cc3cccc(F)c3)c(=O)c2c1C)OCC. The molecule has 9 heteroatoms. The quantitative estimate of drug-likeness (QED) is 0.525. The van der Waals surface area contributed by atoms with Crippen molar-refractivity contribution < 1.29 is 18.7 Å². The summed E-state index contributed by atoms with van der Waals surface area (Å²) in [7, 11) is 0. The summed E-state index contributed by atoms with van der Waals surface area (Å²) in [5, 5.41) is 3.19. The van der Waals surface area contributed by atoms with Gasteiger partial charge in [0.05, 0.1) is 29.7 Å². The summed E-state index contributed by atoms with van der Waals surface area (Å²) in [5.41, 5.74) is 0.962. The van der Waals surface area contributed by atoms with Crippen molar-refractivity contribution in [2.24, 2.45) is 0 Å². The van der Waals surface area contributed by atoms with Gasteiger partial charge in [-0.15, -0.1) is 11.3 Å². The van der Waals surface area contributed by atoms with Gasteiger partial charge in [-0.05, 0) is 44.0 Å². The lowest BCUT2D eigenvalue weighted by molar-refractivity contribution is -0.131. The first-order valence-electron chi connectivity index (χ1n) is 9.69. The summed E-state index contributed by atoms with van der Waals surface area (Å²) < 4.78 is 25.7. The van der Waals surface area contributed by atoms with E-state index in [1.807, 2.05) is 13.8 Å². The van der Waals surface area contributed by atoms with Gasteiger partial charge in [-0.2, -0.15) is 0 Å². The van der Waals surface area contributed by atoms with Crippen LogP contribution in [0.1, 0.15) is 34.6 Å². The third-order valence-corrected chi connectivity index (χ3v) is 5.70. The van der Waals surface area contributed by atoms with Crippen molar-refractivity contribution in [3.8, 4) is 0 Å². The topological polar surface area (TPSA) is 82.5 Å². The molecule has 0 aliphatic heterocycles. The number of hydrogen-bond donors (Lipinski definition) is 1. The number of aromatic nitrogens is 2. The van der Waals surface area contributed by atoms with Crippen LogP contribution in [0, 0.1) is 12.7 Å². The first kappa shape index (κ1) is 22.1. The van der Waals surface area contributed by atoms with Crippen LogP contribution >= 0.6 is 11.3 Å². The van der Waals surface area contributed by atoms with Crippen LogP contribution in [0.15, 0.2) is 35.4 Å². The highest BCUT2D eigenvalue weighted by Crippen LogP contribution is 2.26. The van der Waals surface area contributed by atoms with E-state index in [1.165, 1.54) is 23.0 Å². The van der Waals surface area contributed by atoms with Crippen molar-refractivity contribution >= 4 is 27.5 Å². The van der Waals surface area contributed by atoms with Crippen LogP contribution in [0.2, 0.25) is 0 Å². The minimum atomic E-state index is -0.528. The maximum Gasteiger partial charge on any atom is 0.262 e. The zero-order valence-corrected chi connectivity index (χ0v) is 17.9. The molecule has 0 bridgehead atoms. The lowest BCUT2D eigenvalue weighted by Gasteiger charge is -2.17.